The third kappa shape index (κ3) is 3.95. The Balaban J connectivity index is 1.93. The van der Waals surface area contributed by atoms with Crippen LogP contribution >= 0.6 is 0 Å². The van der Waals surface area contributed by atoms with Gasteiger partial charge in [-0.25, -0.2) is 4.39 Å². The molecule has 1 aromatic carbocycles. The molecule has 1 aliphatic rings. The van der Waals surface area contributed by atoms with E-state index in [1.54, 1.807) is 12.1 Å². The molecule has 0 unspecified atom stereocenters. The molecule has 0 bridgehead atoms. The van der Waals surface area contributed by atoms with Crippen LogP contribution in [0, 0.1) is 11.7 Å². The molecule has 22 heavy (non-hydrogen) atoms. The van der Waals surface area contributed by atoms with E-state index in [1.165, 1.54) is 12.1 Å². The summed E-state index contributed by atoms with van der Waals surface area (Å²) >= 11 is 0. The van der Waals surface area contributed by atoms with Crippen molar-refractivity contribution in [3.05, 3.63) is 47.3 Å². The highest BCUT2D eigenvalue weighted by Gasteiger charge is 2.28. The third-order valence-electron chi connectivity index (χ3n) is 4.33. The molecule has 1 fully saturated rings. The van der Waals surface area contributed by atoms with Gasteiger partial charge < -0.3 is 10.0 Å². The summed E-state index contributed by atoms with van der Waals surface area (Å²) in [6.45, 7) is 5.20. The minimum Gasteiger partial charge on any atom is -0.388 e. The maximum Gasteiger partial charge on any atom is 0.249 e. The number of rotatable bonds is 4. The highest BCUT2D eigenvalue weighted by Crippen LogP contribution is 2.31. The Labute approximate surface area is 131 Å². The van der Waals surface area contributed by atoms with Gasteiger partial charge in [-0.05, 0) is 49.8 Å². The van der Waals surface area contributed by atoms with Crippen LogP contribution in [0.25, 0.3) is 0 Å². The van der Waals surface area contributed by atoms with Gasteiger partial charge in [-0.1, -0.05) is 25.1 Å². The first-order valence-electron chi connectivity index (χ1n) is 7.92. The molecule has 0 saturated carbocycles. The van der Waals surface area contributed by atoms with Gasteiger partial charge in [0.25, 0.3) is 0 Å². The Kier molecular flexibility index (Phi) is 5.72. The number of allylic oxidation sites excluding steroid dienone is 1. The molecule has 1 amide bonds. The number of aliphatic hydroxyl groups excluding tert-OH is 1. The van der Waals surface area contributed by atoms with Gasteiger partial charge in [0.1, 0.15) is 5.82 Å². The summed E-state index contributed by atoms with van der Waals surface area (Å²) in [5.74, 6) is -0.0869. The lowest BCUT2D eigenvalue weighted by molar-refractivity contribution is -0.129. The second-order valence-corrected chi connectivity index (χ2v) is 5.92. The summed E-state index contributed by atoms with van der Waals surface area (Å²) in [4.78, 5) is 14.1. The summed E-state index contributed by atoms with van der Waals surface area (Å²) in [7, 11) is 0. The molecule has 1 N–H and O–H groups in total. The normalized spacial score (nSPS) is 18.4. The number of nitrogens with zero attached hydrogens (tertiary/aromatic N) is 1. The van der Waals surface area contributed by atoms with Crippen molar-refractivity contribution < 1.29 is 14.3 Å². The molecule has 1 heterocycles. The molecule has 120 valence electrons. The number of amides is 1. The summed E-state index contributed by atoms with van der Waals surface area (Å²) in [6.07, 6.45) is 3.75. The lowest BCUT2D eigenvalue weighted by Crippen LogP contribution is -2.40. The van der Waals surface area contributed by atoms with E-state index >= 15 is 0 Å². The van der Waals surface area contributed by atoms with Crippen LogP contribution in [0.4, 0.5) is 4.39 Å². The van der Waals surface area contributed by atoms with E-state index in [0.29, 0.717) is 13.1 Å². The topological polar surface area (TPSA) is 40.5 Å². The zero-order valence-electron chi connectivity index (χ0n) is 13.3. The lowest BCUT2D eigenvalue weighted by Gasteiger charge is -2.34. The standard InChI is InChI=1S/C18H24FNO2/c1-3-4-13(2)18(22)20-11-9-15(10-12-20)17(21)14-5-7-16(19)8-6-14/h4-8,15,17,21H,3,9-12H2,1-2H3/b13-4-/t17-/m0/s1. The number of halogens is 1. The lowest BCUT2D eigenvalue weighted by atomic mass is 9.87. The second kappa shape index (κ2) is 7.54. The van der Waals surface area contributed by atoms with Crippen LogP contribution in [-0.4, -0.2) is 29.0 Å². The van der Waals surface area contributed by atoms with Crippen molar-refractivity contribution in [3.8, 4) is 0 Å². The van der Waals surface area contributed by atoms with E-state index in [-0.39, 0.29) is 17.6 Å². The molecular formula is C18H24FNO2. The molecule has 0 spiro atoms. The van der Waals surface area contributed by atoms with E-state index in [4.69, 9.17) is 0 Å². The fourth-order valence-electron chi connectivity index (χ4n) is 2.99. The molecule has 1 saturated heterocycles. The monoisotopic (exact) mass is 305 g/mol. The van der Waals surface area contributed by atoms with Gasteiger partial charge in [0.15, 0.2) is 0 Å². The van der Waals surface area contributed by atoms with Gasteiger partial charge in [0.05, 0.1) is 6.10 Å². The molecule has 1 aliphatic heterocycles. The Morgan fingerprint density at radius 1 is 1.36 bits per heavy atom. The predicted octanol–water partition coefficient (Wildman–Crippen LogP) is 3.45. The number of benzene rings is 1. The molecule has 1 atom stereocenters. The number of piperidine rings is 1. The molecule has 0 aliphatic carbocycles. The van der Waals surface area contributed by atoms with Gasteiger partial charge in [-0.3, -0.25) is 4.79 Å². The van der Waals surface area contributed by atoms with Crippen LogP contribution in [-0.2, 0) is 4.79 Å². The van der Waals surface area contributed by atoms with Gasteiger partial charge >= 0.3 is 0 Å². The van der Waals surface area contributed by atoms with Crippen LogP contribution in [0.2, 0.25) is 0 Å². The van der Waals surface area contributed by atoms with Gasteiger partial charge in [-0.15, -0.1) is 0 Å². The van der Waals surface area contributed by atoms with E-state index in [1.807, 2.05) is 24.8 Å². The number of hydrogen-bond acceptors (Lipinski definition) is 2. The fourth-order valence-corrected chi connectivity index (χ4v) is 2.99. The minimum atomic E-state index is -0.592. The molecular weight excluding hydrogens is 281 g/mol. The molecule has 3 nitrogen and oxygen atoms in total. The summed E-state index contributed by atoms with van der Waals surface area (Å²) in [5.41, 5.74) is 1.54. The minimum absolute atomic E-state index is 0.0940. The molecule has 2 rings (SSSR count). The number of carbonyl (C=O) groups is 1. The highest BCUT2D eigenvalue weighted by atomic mass is 19.1. The van der Waals surface area contributed by atoms with Crippen LogP contribution in [0.5, 0.6) is 0 Å². The molecule has 1 aromatic rings. The summed E-state index contributed by atoms with van der Waals surface area (Å²) in [5, 5.41) is 10.4. The number of aliphatic hydroxyl groups is 1. The average Bonchev–Trinajstić information content (AvgIpc) is 2.54. The molecule has 0 radical (unpaired) electrons. The van der Waals surface area contributed by atoms with Gasteiger partial charge in [0, 0.05) is 18.7 Å². The highest BCUT2D eigenvalue weighted by molar-refractivity contribution is 5.92. The Morgan fingerprint density at radius 3 is 2.50 bits per heavy atom. The largest absolute Gasteiger partial charge is 0.388 e. The first-order valence-corrected chi connectivity index (χ1v) is 7.92. The van der Waals surface area contributed by atoms with Crippen LogP contribution in [0.3, 0.4) is 0 Å². The third-order valence-corrected chi connectivity index (χ3v) is 4.33. The fraction of sp³-hybridized carbons (Fsp3) is 0.500. The zero-order valence-corrected chi connectivity index (χ0v) is 13.3. The average molecular weight is 305 g/mol. The zero-order chi connectivity index (χ0) is 16.1. The maximum absolute atomic E-state index is 12.9. The van der Waals surface area contributed by atoms with Crippen molar-refractivity contribution in [2.75, 3.05) is 13.1 Å². The van der Waals surface area contributed by atoms with Crippen LogP contribution < -0.4 is 0 Å². The van der Waals surface area contributed by atoms with Crippen molar-refractivity contribution in [1.82, 2.24) is 4.90 Å². The van der Waals surface area contributed by atoms with Gasteiger partial charge in [0.2, 0.25) is 5.91 Å². The Bertz CT molecular complexity index is 531. The quantitative estimate of drug-likeness (QED) is 0.866. The van der Waals surface area contributed by atoms with Crippen LogP contribution in [0.1, 0.15) is 44.8 Å². The van der Waals surface area contributed by atoms with E-state index in [2.05, 4.69) is 0 Å². The van der Waals surface area contributed by atoms with Crippen molar-refractivity contribution in [3.63, 3.8) is 0 Å². The molecule has 0 aromatic heterocycles. The smallest absolute Gasteiger partial charge is 0.249 e. The van der Waals surface area contributed by atoms with E-state index in [9.17, 15) is 14.3 Å². The summed E-state index contributed by atoms with van der Waals surface area (Å²) < 4.78 is 12.9. The summed E-state index contributed by atoms with van der Waals surface area (Å²) in [6, 6.07) is 6.00. The first kappa shape index (κ1) is 16.7. The predicted molar refractivity (Wildman–Crippen MR) is 84.7 cm³/mol. The van der Waals surface area contributed by atoms with Crippen molar-refractivity contribution >= 4 is 5.91 Å². The van der Waals surface area contributed by atoms with Crippen molar-refractivity contribution in [2.45, 2.75) is 39.2 Å². The number of likely N-dealkylation sites (tertiary alicyclic amines) is 1. The van der Waals surface area contributed by atoms with Crippen molar-refractivity contribution in [1.29, 1.82) is 0 Å². The Hall–Kier alpha value is -1.68. The maximum atomic E-state index is 12.9. The second-order valence-electron chi connectivity index (χ2n) is 5.92. The van der Waals surface area contributed by atoms with Gasteiger partial charge in [-0.2, -0.15) is 0 Å². The number of hydrogen-bond donors (Lipinski definition) is 1. The number of carbonyl (C=O) groups excluding carboxylic acids is 1. The van der Waals surface area contributed by atoms with Crippen LogP contribution in [0.15, 0.2) is 35.9 Å². The Morgan fingerprint density at radius 2 is 1.95 bits per heavy atom. The SMILES string of the molecule is CC/C=C(/C)C(=O)N1CCC([C@@H](O)c2ccc(F)cc2)CC1. The van der Waals surface area contributed by atoms with Crippen molar-refractivity contribution in [2.24, 2.45) is 5.92 Å². The molecule has 4 heteroatoms. The van der Waals surface area contributed by atoms with E-state index in [0.717, 1.165) is 30.4 Å². The first-order chi connectivity index (χ1) is 10.5. The van der Waals surface area contributed by atoms with E-state index < -0.39 is 6.10 Å².